The number of carbonyl (C=O) groups is 2. The molecule has 0 aromatic heterocycles. The lowest BCUT2D eigenvalue weighted by Crippen LogP contribution is -2.44. The van der Waals surface area contributed by atoms with E-state index in [9.17, 15) is 14.8 Å². The minimum Gasteiger partial charge on any atom is -0.410 e. The van der Waals surface area contributed by atoms with E-state index in [1.54, 1.807) is 36.4 Å². The van der Waals surface area contributed by atoms with Gasteiger partial charge in [-0.3, -0.25) is 9.59 Å². The maximum absolute atomic E-state index is 13.2. The van der Waals surface area contributed by atoms with Crippen molar-refractivity contribution in [1.82, 2.24) is 5.32 Å². The second-order valence-electron chi connectivity index (χ2n) is 7.30. The van der Waals surface area contributed by atoms with Gasteiger partial charge in [0.25, 0.3) is 0 Å². The highest BCUT2D eigenvalue weighted by Crippen LogP contribution is 2.22. The van der Waals surface area contributed by atoms with E-state index in [0.717, 1.165) is 10.0 Å². The summed E-state index contributed by atoms with van der Waals surface area (Å²) in [6.45, 7) is 0. The van der Waals surface area contributed by atoms with Crippen molar-refractivity contribution in [3.8, 4) is 0 Å². The lowest BCUT2D eigenvalue weighted by atomic mass is 9.91. The number of ketones is 1. The monoisotopic (exact) mass is 489 g/mol. The lowest BCUT2D eigenvalue weighted by molar-refractivity contribution is -0.117. The number of benzene rings is 3. The maximum Gasteiger partial charge on any atom is 0.247 e. The molecule has 1 unspecified atom stereocenters. The molecule has 160 valence electrons. The Labute approximate surface area is 193 Å². The van der Waals surface area contributed by atoms with E-state index in [2.05, 4.69) is 31.7 Å². The van der Waals surface area contributed by atoms with Crippen LogP contribution in [-0.4, -0.2) is 28.7 Å². The van der Waals surface area contributed by atoms with Crippen LogP contribution < -0.4 is 10.6 Å². The van der Waals surface area contributed by atoms with Crippen LogP contribution in [0.4, 0.5) is 5.69 Å². The minimum atomic E-state index is -0.735. The van der Waals surface area contributed by atoms with Gasteiger partial charge in [-0.05, 0) is 35.9 Å². The molecule has 0 radical (unpaired) electrons. The first-order valence-electron chi connectivity index (χ1n) is 10.00. The third-order valence-electron chi connectivity index (χ3n) is 5.12. The van der Waals surface area contributed by atoms with Crippen molar-refractivity contribution in [2.45, 2.75) is 12.5 Å². The molecule has 7 heteroatoms. The molecular formula is C25H20BrN3O3. The molecular weight excluding hydrogens is 470 g/mol. The first kappa shape index (κ1) is 21.5. The highest BCUT2D eigenvalue weighted by atomic mass is 79.9. The van der Waals surface area contributed by atoms with E-state index in [0.29, 0.717) is 23.2 Å². The standard InChI is InChI=1S/C25H20BrN3O3/c26-17-10-12-18(13-11-17)27-25(31)23(14-16-6-2-1-3-7-16)28-22-15-21(29-32)19-8-4-5-9-20(19)24(22)30/h1-13,15,23,28,32H,14H2,(H,27,31). The molecule has 1 aliphatic carbocycles. The molecule has 0 bridgehead atoms. The van der Waals surface area contributed by atoms with E-state index in [-0.39, 0.29) is 23.1 Å². The van der Waals surface area contributed by atoms with Crippen molar-refractivity contribution in [2.75, 3.05) is 5.32 Å². The van der Waals surface area contributed by atoms with Crippen molar-refractivity contribution in [1.29, 1.82) is 0 Å². The van der Waals surface area contributed by atoms with E-state index < -0.39 is 6.04 Å². The molecule has 4 rings (SSSR count). The van der Waals surface area contributed by atoms with Gasteiger partial charge in [0.1, 0.15) is 11.8 Å². The molecule has 3 N–H and O–H groups in total. The molecule has 6 nitrogen and oxygen atoms in total. The Morgan fingerprint density at radius 1 is 0.938 bits per heavy atom. The Morgan fingerprint density at radius 3 is 2.28 bits per heavy atom. The Morgan fingerprint density at radius 2 is 1.59 bits per heavy atom. The Hall–Kier alpha value is -3.71. The quantitative estimate of drug-likeness (QED) is 0.350. The number of oxime groups is 1. The van der Waals surface area contributed by atoms with Crippen LogP contribution in [0.1, 0.15) is 21.5 Å². The smallest absolute Gasteiger partial charge is 0.247 e. The van der Waals surface area contributed by atoms with Crippen LogP contribution in [0.2, 0.25) is 0 Å². The zero-order valence-electron chi connectivity index (χ0n) is 17.0. The molecule has 1 amide bonds. The lowest BCUT2D eigenvalue weighted by Gasteiger charge is -2.24. The highest BCUT2D eigenvalue weighted by molar-refractivity contribution is 9.10. The third-order valence-corrected chi connectivity index (χ3v) is 5.65. The minimum absolute atomic E-state index is 0.198. The Kier molecular flexibility index (Phi) is 6.47. The molecule has 0 saturated heterocycles. The van der Waals surface area contributed by atoms with Gasteiger partial charge in [-0.25, -0.2) is 0 Å². The van der Waals surface area contributed by atoms with Gasteiger partial charge < -0.3 is 15.8 Å². The van der Waals surface area contributed by atoms with Gasteiger partial charge in [0, 0.05) is 27.7 Å². The molecule has 0 heterocycles. The molecule has 0 fully saturated rings. The Bertz CT molecular complexity index is 1200. The maximum atomic E-state index is 13.2. The van der Waals surface area contributed by atoms with E-state index in [1.165, 1.54) is 6.08 Å². The summed E-state index contributed by atoms with van der Waals surface area (Å²) < 4.78 is 0.905. The number of carbonyl (C=O) groups excluding carboxylic acids is 2. The van der Waals surface area contributed by atoms with Gasteiger partial charge in [0.05, 0.1) is 5.70 Å². The van der Waals surface area contributed by atoms with Crippen LogP contribution in [0.15, 0.2) is 100 Å². The molecule has 3 aromatic rings. The SMILES string of the molecule is O=C1C(NC(Cc2ccccc2)C(=O)Nc2ccc(Br)cc2)=CC(=NO)c2ccccc21. The second-order valence-corrected chi connectivity index (χ2v) is 8.22. The van der Waals surface area contributed by atoms with Crippen molar-refractivity contribution < 1.29 is 14.8 Å². The number of allylic oxidation sites excluding steroid dienone is 2. The van der Waals surface area contributed by atoms with Crippen LogP contribution in [0.3, 0.4) is 0 Å². The van der Waals surface area contributed by atoms with Crippen molar-refractivity contribution in [3.05, 3.63) is 112 Å². The van der Waals surface area contributed by atoms with Crippen LogP contribution in [0.5, 0.6) is 0 Å². The average molecular weight is 490 g/mol. The summed E-state index contributed by atoms with van der Waals surface area (Å²) in [5, 5.41) is 18.8. The van der Waals surface area contributed by atoms with Gasteiger partial charge >= 0.3 is 0 Å². The number of anilines is 1. The fourth-order valence-electron chi connectivity index (χ4n) is 3.53. The summed E-state index contributed by atoms with van der Waals surface area (Å²) in [6.07, 6.45) is 1.83. The van der Waals surface area contributed by atoms with E-state index >= 15 is 0 Å². The highest BCUT2D eigenvalue weighted by Gasteiger charge is 2.28. The van der Waals surface area contributed by atoms with Crippen LogP contribution in [0.25, 0.3) is 0 Å². The van der Waals surface area contributed by atoms with Gasteiger partial charge in [-0.1, -0.05) is 75.7 Å². The van der Waals surface area contributed by atoms with Gasteiger partial charge in [-0.2, -0.15) is 0 Å². The molecule has 1 atom stereocenters. The van der Waals surface area contributed by atoms with Crippen LogP contribution in [-0.2, 0) is 11.2 Å². The summed E-state index contributed by atoms with van der Waals surface area (Å²) in [4.78, 5) is 26.3. The molecule has 3 aromatic carbocycles. The number of nitrogens with zero attached hydrogens (tertiary/aromatic N) is 1. The Balaban J connectivity index is 1.62. The van der Waals surface area contributed by atoms with Crippen molar-refractivity contribution >= 4 is 39.0 Å². The topological polar surface area (TPSA) is 90.8 Å². The average Bonchev–Trinajstić information content (AvgIpc) is 2.82. The number of rotatable bonds is 6. The largest absolute Gasteiger partial charge is 0.410 e. The summed E-state index contributed by atoms with van der Waals surface area (Å²) in [5.41, 5.74) is 3.00. The summed E-state index contributed by atoms with van der Waals surface area (Å²) in [7, 11) is 0. The molecule has 1 aliphatic rings. The number of amides is 1. The zero-order valence-corrected chi connectivity index (χ0v) is 18.5. The summed E-state index contributed by atoms with van der Waals surface area (Å²) in [5.74, 6) is -0.547. The number of hydrogen-bond acceptors (Lipinski definition) is 5. The van der Waals surface area contributed by atoms with Crippen LogP contribution >= 0.6 is 15.9 Å². The molecule has 32 heavy (non-hydrogen) atoms. The summed E-state index contributed by atoms with van der Waals surface area (Å²) in [6, 6.07) is 23.0. The first-order chi connectivity index (χ1) is 15.5. The fraction of sp³-hybridized carbons (Fsp3) is 0.0800. The van der Waals surface area contributed by atoms with Gasteiger partial charge in [-0.15, -0.1) is 0 Å². The second kappa shape index (κ2) is 9.62. The predicted molar refractivity (Wildman–Crippen MR) is 127 cm³/mol. The van der Waals surface area contributed by atoms with Crippen molar-refractivity contribution in [2.24, 2.45) is 5.16 Å². The van der Waals surface area contributed by atoms with Crippen LogP contribution in [0, 0.1) is 0 Å². The number of Topliss-reactive ketones (excluding diaryl/α,β-unsaturated/α-hetero) is 1. The first-order valence-corrected chi connectivity index (χ1v) is 10.8. The number of halogens is 1. The number of fused-ring (bicyclic) bond motifs is 1. The van der Waals surface area contributed by atoms with Gasteiger partial charge in [0.15, 0.2) is 0 Å². The summed E-state index contributed by atoms with van der Waals surface area (Å²) >= 11 is 3.38. The van der Waals surface area contributed by atoms with Crippen molar-refractivity contribution in [3.63, 3.8) is 0 Å². The third kappa shape index (κ3) is 4.78. The van der Waals surface area contributed by atoms with E-state index in [1.807, 2.05) is 42.5 Å². The predicted octanol–water partition coefficient (Wildman–Crippen LogP) is 4.55. The normalized spacial score (nSPS) is 15.0. The van der Waals surface area contributed by atoms with E-state index in [4.69, 9.17) is 0 Å². The number of nitrogens with one attached hydrogen (secondary N) is 2. The fourth-order valence-corrected chi connectivity index (χ4v) is 3.79. The zero-order chi connectivity index (χ0) is 22.5. The van der Waals surface area contributed by atoms with Gasteiger partial charge in [0.2, 0.25) is 11.7 Å². The molecule has 0 spiro atoms. The molecule has 0 saturated carbocycles. The number of hydrogen-bond donors (Lipinski definition) is 3. The molecule has 0 aliphatic heterocycles.